The van der Waals surface area contributed by atoms with E-state index in [0.717, 1.165) is 11.3 Å². The molecule has 0 aliphatic heterocycles. The Kier molecular flexibility index (Phi) is 3.46. The topological polar surface area (TPSA) is 51.0 Å². The van der Waals surface area contributed by atoms with E-state index in [4.69, 9.17) is 4.42 Å². The number of nitrogens with one attached hydrogen (secondary N) is 1. The van der Waals surface area contributed by atoms with Crippen molar-refractivity contribution in [2.75, 3.05) is 5.32 Å². The third kappa shape index (κ3) is 2.69. The zero-order valence-electron chi connectivity index (χ0n) is 11.2. The van der Waals surface area contributed by atoms with Crippen molar-refractivity contribution in [3.8, 4) is 11.5 Å². The Morgan fingerprint density at radius 1 is 1.05 bits per heavy atom. The van der Waals surface area contributed by atoms with Gasteiger partial charge in [-0.3, -0.25) is 0 Å². The summed E-state index contributed by atoms with van der Waals surface area (Å²) in [5.41, 5.74) is 3.18. The molecule has 3 rings (SSSR count). The molecule has 2 aromatic carbocycles. The van der Waals surface area contributed by atoms with Crippen molar-refractivity contribution in [3.05, 3.63) is 66.6 Å². The molecule has 0 saturated heterocycles. The lowest BCUT2D eigenvalue weighted by atomic mass is 10.1. The van der Waals surface area contributed by atoms with E-state index < -0.39 is 0 Å². The smallest absolute Gasteiger partial charge is 0.247 e. The monoisotopic (exact) mass is 265 g/mol. The average molecular weight is 265 g/mol. The Labute approximate surface area is 117 Å². The number of aromatic nitrogens is 2. The first kappa shape index (κ1) is 12.4. The third-order valence-electron chi connectivity index (χ3n) is 3.15. The van der Waals surface area contributed by atoms with E-state index in [1.54, 1.807) is 0 Å². The normalized spacial score (nSPS) is 12.1. The molecular formula is C16H15N3O. The molecule has 0 aliphatic carbocycles. The van der Waals surface area contributed by atoms with E-state index in [1.807, 2.05) is 42.5 Å². The van der Waals surface area contributed by atoms with Gasteiger partial charge >= 0.3 is 0 Å². The molecule has 1 atom stereocenters. The summed E-state index contributed by atoms with van der Waals surface area (Å²) in [5.74, 6) is 0.529. The molecule has 0 aliphatic rings. The Balaban J connectivity index is 1.80. The van der Waals surface area contributed by atoms with E-state index in [1.165, 1.54) is 12.0 Å². The Morgan fingerprint density at radius 2 is 1.90 bits per heavy atom. The molecule has 20 heavy (non-hydrogen) atoms. The minimum Gasteiger partial charge on any atom is -0.423 e. The van der Waals surface area contributed by atoms with E-state index >= 15 is 0 Å². The van der Waals surface area contributed by atoms with Crippen LogP contribution in [0.25, 0.3) is 11.5 Å². The fourth-order valence-electron chi connectivity index (χ4n) is 2.12. The van der Waals surface area contributed by atoms with Gasteiger partial charge < -0.3 is 9.73 Å². The van der Waals surface area contributed by atoms with Crippen molar-refractivity contribution < 1.29 is 4.42 Å². The number of rotatable bonds is 4. The summed E-state index contributed by atoms with van der Waals surface area (Å²) >= 11 is 0. The standard InChI is InChI=1S/C16H15N3O/c1-12(13-6-3-2-4-7-13)18-15-9-5-8-14(10-15)16-19-17-11-20-16/h2-12,18H,1H3. The Hall–Kier alpha value is -2.62. The third-order valence-corrected chi connectivity index (χ3v) is 3.15. The van der Waals surface area contributed by atoms with Crippen LogP contribution in [0.3, 0.4) is 0 Å². The molecule has 4 nitrogen and oxygen atoms in total. The number of anilines is 1. The van der Waals surface area contributed by atoms with Crippen molar-refractivity contribution in [2.24, 2.45) is 0 Å². The van der Waals surface area contributed by atoms with Crippen LogP contribution in [0.4, 0.5) is 5.69 Å². The average Bonchev–Trinajstić information content (AvgIpc) is 3.03. The molecule has 0 saturated carbocycles. The second-order valence-corrected chi connectivity index (χ2v) is 4.60. The minimum absolute atomic E-state index is 0.231. The van der Waals surface area contributed by atoms with E-state index in [0.29, 0.717) is 5.89 Å². The summed E-state index contributed by atoms with van der Waals surface area (Å²) in [6.07, 6.45) is 1.34. The van der Waals surface area contributed by atoms with Crippen LogP contribution in [0, 0.1) is 0 Å². The second-order valence-electron chi connectivity index (χ2n) is 4.60. The molecule has 0 spiro atoms. The van der Waals surface area contributed by atoms with Crippen molar-refractivity contribution in [3.63, 3.8) is 0 Å². The highest BCUT2D eigenvalue weighted by molar-refractivity contribution is 5.61. The predicted octanol–water partition coefficient (Wildman–Crippen LogP) is 3.91. The van der Waals surface area contributed by atoms with Crippen molar-refractivity contribution in [1.82, 2.24) is 10.2 Å². The number of nitrogens with zero attached hydrogens (tertiary/aromatic N) is 2. The summed E-state index contributed by atoms with van der Waals surface area (Å²) in [5, 5.41) is 11.1. The van der Waals surface area contributed by atoms with Gasteiger partial charge in [0.1, 0.15) is 0 Å². The molecule has 1 heterocycles. The maximum Gasteiger partial charge on any atom is 0.247 e. The minimum atomic E-state index is 0.231. The number of hydrogen-bond donors (Lipinski definition) is 1. The Bertz CT molecular complexity index is 665. The summed E-state index contributed by atoms with van der Waals surface area (Å²) in [6, 6.07) is 18.5. The van der Waals surface area contributed by atoms with E-state index in [2.05, 4.69) is 34.6 Å². The predicted molar refractivity (Wildman–Crippen MR) is 78.2 cm³/mol. The Morgan fingerprint density at radius 3 is 2.65 bits per heavy atom. The highest BCUT2D eigenvalue weighted by Crippen LogP contribution is 2.23. The fraction of sp³-hybridized carbons (Fsp3) is 0.125. The number of hydrogen-bond acceptors (Lipinski definition) is 4. The first-order valence-corrected chi connectivity index (χ1v) is 6.51. The van der Waals surface area contributed by atoms with Gasteiger partial charge in [-0.2, -0.15) is 0 Å². The second kappa shape index (κ2) is 5.57. The summed E-state index contributed by atoms with van der Waals surface area (Å²) in [4.78, 5) is 0. The highest BCUT2D eigenvalue weighted by atomic mass is 16.4. The van der Waals surface area contributed by atoms with Crippen LogP contribution in [0.2, 0.25) is 0 Å². The lowest BCUT2D eigenvalue weighted by molar-refractivity contribution is 0.568. The van der Waals surface area contributed by atoms with Gasteiger partial charge in [0.2, 0.25) is 12.3 Å². The van der Waals surface area contributed by atoms with Crippen LogP contribution in [0.15, 0.2) is 65.4 Å². The van der Waals surface area contributed by atoms with Gasteiger partial charge in [-0.15, -0.1) is 10.2 Å². The zero-order chi connectivity index (χ0) is 13.8. The molecule has 0 amide bonds. The molecule has 0 radical (unpaired) electrons. The van der Waals surface area contributed by atoms with Gasteiger partial charge in [-0.05, 0) is 30.7 Å². The van der Waals surface area contributed by atoms with Crippen molar-refractivity contribution in [2.45, 2.75) is 13.0 Å². The molecule has 0 fully saturated rings. The molecule has 1 unspecified atom stereocenters. The van der Waals surface area contributed by atoms with Gasteiger partial charge in [-0.1, -0.05) is 36.4 Å². The SMILES string of the molecule is CC(Nc1cccc(-c2nnco2)c1)c1ccccc1. The molecule has 4 heteroatoms. The first-order valence-electron chi connectivity index (χ1n) is 6.51. The molecule has 1 aromatic heterocycles. The van der Waals surface area contributed by atoms with Gasteiger partial charge in [-0.25, -0.2) is 0 Å². The van der Waals surface area contributed by atoms with Gasteiger partial charge in [0.05, 0.1) is 0 Å². The quantitative estimate of drug-likeness (QED) is 0.777. The van der Waals surface area contributed by atoms with E-state index in [9.17, 15) is 0 Å². The zero-order valence-corrected chi connectivity index (χ0v) is 11.2. The molecular weight excluding hydrogens is 250 g/mol. The first-order chi connectivity index (χ1) is 9.83. The van der Waals surface area contributed by atoms with Crippen LogP contribution < -0.4 is 5.32 Å². The summed E-state index contributed by atoms with van der Waals surface area (Å²) in [6.45, 7) is 2.13. The summed E-state index contributed by atoms with van der Waals surface area (Å²) < 4.78 is 5.21. The lowest BCUT2D eigenvalue weighted by Gasteiger charge is -2.16. The highest BCUT2D eigenvalue weighted by Gasteiger charge is 2.07. The van der Waals surface area contributed by atoms with Crippen LogP contribution >= 0.6 is 0 Å². The number of benzene rings is 2. The van der Waals surface area contributed by atoms with Crippen LogP contribution in [0.1, 0.15) is 18.5 Å². The molecule has 100 valence electrons. The van der Waals surface area contributed by atoms with Gasteiger partial charge in [0, 0.05) is 17.3 Å². The van der Waals surface area contributed by atoms with Gasteiger partial charge in [0.25, 0.3) is 0 Å². The largest absolute Gasteiger partial charge is 0.423 e. The molecule has 1 N–H and O–H groups in total. The van der Waals surface area contributed by atoms with Crippen LogP contribution in [0.5, 0.6) is 0 Å². The molecule has 3 aromatic rings. The van der Waals surface area contributed by atoms with Crippen LogP contribution in [-0.4, -0.2) is 10.2 Å². The van der Waals surface area contributed by atoms with Crippen LogP contribution in [-0.2, 0) is 0 Å². The fourth-order valence-corrected chi connectivity index (χ4v) is 2.12. The van der Waals surface area contributed by atoms with Crippen molar-refractivity contribution in [1.29, 1.82) is 0 Å². The maximum atomic E-state index is 5.21. The molecule has 0 bridgehead atoms. The lowest BCUT2D eigenvalue weighted by Crippen LogP contribution is -2.06. The van der Waals surface area contributed by atoms with Gasteiger partial charge in [0.15, 0.2) is 0 Å². The van der Waals surface area contributed by atoms with Crippen molar-refractivity contribution >= 4 is 5.69 Å². The van der Waals surface area contributed by atoms with E-state index in [-0.39, 0.29) is 6.04 Å². The maximum absolute atomic E-state index is 5.21. The summed E-state index contributed by atoms with van der Waals surface area (Å²) in [7, 11) is 0.